The molecule has 0 aromatic heterocycles. The molecule has 6 nitrogen and oxygen atoms in total. The number of carbonyl (C=O) groups is 2. The van der Waals surface area contributed by atoms with Gasteiger partial charge in [0.05, 0.1) is 25.2 Å². The molecule has 1 aromatic rings. The van der Waals surface area contributed by atoms with Gasteiger partial charge in [0.1, 0.15) is 5.82 Å². The van der Waals surface area contributed by atoms with Crippen molar-refractivity contribution >= 4 is 11.9 Å². The summed E-state index contributed by atoms with van der Waals surface area (Å²) in [5, 5.41) is 11.5. The Morgan fingerprint density at radius 3 is 2.62 bits per heavy atom. The number of nitrogens with one attached hydrogen (secondary N) is 1. The lowest BCUT2D eigenvalue weighted by Crippen LogP contribution is -2.50. The van der Waals surface area contributed by atoms with Gasteiger partial charge in [0.15, 0.2) is 11.6 Å². The SMILES string of the molecule is COCC(C)(CC(=O)O)NC(=O)CCCOc1ccc(F)cc1F. The van der Waals surface area contributed by atoms with E-state index in [1.54, 1.807) is 6.92 Å². The fourth-order valence-electron chi connectivity index (χ4n) is 2.19. The molecule has 0 radical (unpaired) electrons. The molecule has 0 spiro atoms. The fourth-order valence-corrected chi connectivity index (χ4v) is 2.19. The van der Waals surface area contributed by atoms with E-state index in [0.29, 0.717) is 12.5 Å². The standard InChI is InChI=1S/C16H21F2NO5/c1-16(10-23-2,9-15(21)22)19-14(20)4-3-7-24-13-6-5-11(17)8-12(13)18/h5-6,8H,3-4,7,9-10H2,1-2H3,(H,19,20)(H,21,22). The first-order valence-corrected chi connectivity index (χ1v) is 7.35. The molecule has 1 unspecified atom stereocenters. The maximum Gasteiger partial charge on any atom is 0.305 e. The van der Waals surface area contributed by atoms with E-state index in [-0.39, 0.29) is 37.7 Å². The normalized spacial score (nSPS) is 13.2. The van der Waals surface area contributed by atoms with Crippen LogP contribution in [-0.4, -0.2) is 42.8 Å². The van der Waals surface area contributed by atoms with Crippen LogP contribution in [0.25, 0.3) is 0 Å². The maximum atomic E-state index is 13.4. The lowest BCUT2D eigenvalue weighted by Gasteiger charge is -2.28. The molecule has 0 heterocycles. The molecule has 1 aromatic carbocycles. The summed E-state index contributed by atoms with van der Waals surface area (Å²) < 4.78 is 36.2. The van der Waals surface area contributed by atoms with Gasteiger partial charge in [0.25, 0.3) is 0 Å². The van der Waals surface area contributed by atoms with Gasteiger partial charge in [0, 0.05) is 19.6 Å². The van der Waals surface area contributed by atoms with E-state index in [0.717, 1.165) is 6.07 Å². The third-order valence-electron chi connectivity index (χ3n) is 3.15. The Kier molecular flexibility index (Phi) is 7.57. The number of methoxy groups -OCH3 is 1. The molecule has 0 aliphatic carbocycles. The predicted molar refractivity (Wildman–Crippen MR) is 81.8 cm³/mol. The van der Waals surface area contributed by atoms with Crippen molar-refractivity contribution < 1.29 is 33.0 Å². The second-order valence-corrected chi connectivity index (χ2v) is 5.64. The van der Waals surface area contributed by atoms with Crippen molar-refractivity contribution in [2.45, 2.75) is 31.7 Å². The zero-order chi connectivity index (χ0) is 18.2. The number of halogens is 2. The van der Waals surface area contributed by atoms with Crippen molar-refractivity contribution in [1.82, 2.24) is 5.32 Å². The van der Waals surface area contributed by atoms with Gasteiger partial charge < -0.3 is 19.9 Å². The molecule has 24 heavy (non-hydrogen) atoms. The summed E-state index contributed by atoms with van der Waals surface area (Å²) in [7, 11) is 1.41. The Labute approximate surface area is 138 Å². The van der Waals surface area contributed by atoms with Crippen LogP contribution >= 0.6 is 0 Å². The molecule has 0 bridgehead atoms. The van der Waals surface area contributed by atoms with Gasteiger partial charge in [-0.25, -0.2) is 8.78 Å². The summed E-state index contributed by atoms with van der Waals surface area (Å²) in [5.41, 5.74) is -1.01. The van der Waals surface area contributed by atoms with Gasteiger partial charge in [0.2, 0.25) is 5.91 Å². The van der Waals surface area contributed by atoms with E-state index in [2.05, 4.69) is 5.32 Å². The zero-order valence-electron chi connectivity index (χ0n) is 13.6. The lowest BCUT2D eigenvalue weighted by molar-refractivity contribution is -0.139. The molecular formula is C16H21F2NO5. The number of rotatable bonds is 10. The number of benzene rings is 1. The lowest BCUT2D eigenvalue weighted by atomic mass is 9.98. The molecule has 0 saturated carbocycles. The van der Waals surface area contributed by atoms with Crippen molar-refractivity contribution in [2.24, 2.45) is 0 Å². The molecule has 8 heteroatoms. The van der Waals surface area contributed by atoms with Crippen LogP contribution in [0.4, 0.5) is 8.78 Å². The van der Waals surface area contributed by atoms with Crippen LogP contribution in [0, 0.1) is 11.6 Å². The molecule has 0 aliphatic heterocycles. The summed E-state index contributed by atoms with van der Waals surface area (Å²) in [6.45, 7) is 1.70. The summed E-state index contributed by atoms with van der Waals surface area (Å²) in [6, 6.07) is 2.96. The van der Waals surface area contributed by atoms with Gasteiger partial charge in [-0.2, -0.15) is 0 Å². The summed E-state index contributed by atoms with van der Waals surface area (Å²) in [6.07, 6.45) is 0.0877. The smallest absolute Gasteiger partial charge is 0.305 e. The van der Waals surface area contributed by atoms with Crippen LogP contribution in [-0.2, 0) is 14.3 Å². The highest BCUT2D eigenvalue weighted by Gasteiger charge is 2.29. The second-order valence-electron chi connectivity index (χ2n) is 5.64. The molecule has 1 atom stereocenters. The Morgan fingerprint density at radius 2 is 2.04 bits per heavy atom. The molecule has 0 aliphatic rings. The minimum atomic E-state index is -1.05. The Balaban J connectivity index is 2.40. The van der Waals surface area contributed by atoms with Crippen molar-refractivity contribution in [2.75, 3.05) is 20.3 Å². The average molecular weight is 345 g/mol. The third-order valence-corrected chi connectivity index (χ3v) is 3.15. The molecule has 1 amide bonds. The fraction of sp³-hybridized carbons (Fsp3) is 0.500. The topological polar surface area (TPSA) is 84.9 Å². The number of ether oxygens (including phenoxy) is 2. The van der Waals surface area contributed by atoms with E-state index in [4.69, 9.17) is 14.6 Å². The van der Waals surface area contributed by atoms with Crippen molar-refractivity contribution in [1.29, 1.82) is 0 Å². The quantitative estimate of drug-likeness (QED) is 0.635. The van der Waals surface area contributed by atoms with Crippen LogP contribution in [0.2, 0.25) is 0 Å². The van der Waals surface area contributed by atoms with Crippen molar-refractivity contribution in [3.05, 3.63) is 29.8 Å². The first-order valence-electron chi connectivity index (χ1n) is 7.35. The van der Waals surface area contributed by atoms with Gasteiger partial charge in [-0.15, -0.1) is 0 Å². The highest BCUT2D eigenvalue weighted by molar-refractivity contribution is 5.78. The number of hydrogen-bond acceptors (Lipinski definition) is 4. The molecule has 1 rings (SSSR count). The van der Waals surface area contributed by atoms with Crippen LogP contribution in [0.3, 0.4) is 0 Å². The zero-order valence-corrected chi connectivity index (χ0v) is 13.6. The summed E-state index contributed by atoms with van der Waals surface area (Å²) in [5.74, 6) is -3.01. The van der Waals surface area contributed by atoms with Crippen LogP contribution < -0.4 is 10.1 Å². The minimum Gasteiger partial charge on any atom is -0.491 e. The first-order chi connectivity index (χ1) is 11.3. The third kappa shape index (κ3) is 6.91. The minimum absolute atomic E-state index is 0.0579. The number of amides is 1. The highest BCUT2D eigenvalue weighted by atomic mass is 19.1. The Morgan fingerprint density at radius 1 is 1.33 bits per heavy atom. The van der Waals surface area contributed by atoms with Crippen molar-refractivity contribution in [3.8, 4) is 5.75 Å². The number of carboxylic acids is 1. The van der Waals surface area contributed by atoms with E-state index in [1.807, 2.05) is 0 Å². The van der Waals surface area contributed by atoms with Gasteiger partial charge in [-0.3, -0.25) is 9.59 Å². The van der Waals surface area contributed by atoms with Crippen LogP contribution in [0.1, 0.15) is 26.2 Å². The number of aliphatic carboxylic acids is 1. The van der Waals surface area contributed by atoms with E-state index >= 15 is 0 Å². The van der Waals surface area contributed by atoms with Crippen molar-refractivity contribution in [3.63, 3.8) is 0 Å². The van der Waals surface area contributed by atoms with E-state index in [1.165, 1.54) is 13.2 Å². The average Bonchev–Trinajstić information content (AvgIpc) is 2.44. The van der Waals surface area contributed by atoms with Crippen LogP contribution in [0.5, 0.6) is 5.75 Å². The maximum absolute atomic E-state index is 13.4. The largest absolute Gasteiger partial charge is 0.491 e. The monoisotopic (exact) mass is 345 g/mol. The van der Waals surface area contributed by atoms with Gasteiger partial charge in [-0.05, 0) is 25.5 Å². The van der Waals surface area contributed by atoms with Gasteiger partial charge >= 0.3 is 5.97 Å². The van der Waals surface area contributed by atoms with E-state index < -0.39 is 23.1 Å². The molecule has 2 N–H and O–H groups in total. The molecule has 0 fully saturated rings. The number of carbonyl (C=O) groups excluding carboxylic acids is 1. The number of carboxylic acid groups (broad SMARTS) is 1. The Bertz CT molecular complexity index is 582. The highest BCUT2D eigenvalue weighted by Crippen LogP contribution is 2.18. The van der Waals surface area contributed by atoms with E-state index in [9.17, 15) is 18.4 Å². The molecule has 134 valence electrons. The predicted octanol–water partition coefficient (Wildman–Crippen LogP) is 2.12. The molecule has 0 saturated heterocycles. The Hall–Kier alpha value is -2.22. The second kappa shape index (κ2) is 9.17. The van der Waals surface area contributed by atoms with Gasteiger partial charge in [-0.1, -0.05) is 0 Å². The molecular weight excluding hydrogens is 324 g/mol. The van der Waals surface area contributed by atoms with Crippen LogP contribution in [0.15, 0.2) is 18.2 Å². The summed E-state index contributed by atoms with van der Waals surface area (Å²) >= 11 is 0. The first kappa shape index (κ1) is 19.8. The summed E-state index contributed by atoms with van der Waals surface area (Å²) in [4.78, 5) is 22.8. The number of hydrogen-bond donors (Lipinski definition) is 2.